The Bertz CT molecular complexity index is 594. The number of aryl methyl sites for hydroxylation is 1. The summed E-state index contributed by atoms with van der Waals surface area (Å²) in [4.78, 5) is 11.7. The van der Waals surface area contributed by atoms with Crippen LogP contribution >= 0.6 is 0 Å². The first-order chi connectivity index (χ1) is 12.6. The number of morpholine rings is 1. The average Bonchev–Trinajstić information content (AvgIpc) is 3.29. The second kappa shape index (κ2) is 8.83. The van der Waals surface area contributed by atoms with E-state index in [1.165, 1.54) is 12.0 Å². The molecular formula is C18H33N7O. The van der Waals surface area contributed by atoms with E-state index in [1.807, 2.05) is 25.0 Å². The third kappa shape index (κ3) is 4.55. The van der Waals surface area contributed by atoms with E-state index < -0.39 is 0 Å². The highest BCUT2D eigenvalue weighted by atomic mass is 16.5. The zero-order chi connectivity index (χ0) is 18.5. The van der Waals surface area contributed by atoms with Gasteiger partial charge in [-0.2, -0.15) is 5.10 Å². The largest absolute Gasteiger partial charge is 0.379 e. The standard InChI is InChI=1S/C18H33N7O/c1-19-18(20-12-17(22(2)3)15-11-21-23(4)13-15)25-6-5-16(14-25)24-7-9-26-10-8-24/h11,13,16-17H,5-10,12,14H2,1-4H3,(H,19,20). The van der Waals surface area contributed by atoms with Gasteiger partial charge in [-0.3, -0.25) is 14.6 Å². The molecule has 3 heterocycles. The number of aromatic nitrogens is 2. The lowest BCUT2D eigenvalue weighted by atomic mass is 10.1. The van der Waals surface area contributed by atoms with E-state index in [0.29, 0.717) is 6.04 Å². The van der Waals surface area contributed by atoms with Gasteiger partial charge in [0.05, 0.1) is 25.5 Å². The molecule has 8 nitrogen and oxygen atoms in total. The minimum absolute atomic E-state index is 0.262. The van der Waals surface area contributed by atoms with Gasteiger partial charge in [0.2, 0.25) is 0 Å². The summed E-state index contributed by atoms with van der Waals surface area (Å²) in [5, 5.41) is 7.89. The Hall–Kier alpha value is -1.64. The number of likely N-dealkylation sites (tertiary alicyclic amines) is 1. The van der Waals surface area contributed by atoms with Crippen molar-refractivity contribution in [2.75, 3.05) is 67.1 Å². The summed E-state index contributed by atoms with van der Waals surface area (Å²) in [6.07, 6.45) is 5.22. The topological polar surface area (TPSA) is 61.2 Å². The van der Waals surface area contributed by atoms with Crippen molar-refractivity contribution in [3.05, 3.63) is 18.0 Å². The number of aliphatic imine (C=N–C) groups is 1. The molecule has 2 saturated heterocycles. The van der Waals surface area contributed by atoms with Crippen molar-refractivity contribution in [1.82, 2.24) is 29.8 Å². The molecule has 0 aromatic carbocycles. The molecule has 2 atom stereocenters. The second-order valence-corrected chi connectivity index (χ2v) is 7.39. The Morgan fingerprint density at radius 3 is 2.77 bits per heavy atom. The fraction of sp³-hybridized carbons (Fsp3) is 0.778. The van der Waals surface area contributed by atoms with E-state index in [4.69, 9.17) is 4.74 Å². The number of nitrogens with zero attached hydrogens (tertiary/aromatic N) is 6. The summed E-state index contributed by atoms with van der Waals surface area (Å²) >= 11 is 0. The van der Waals surface area contributed by atoms with Gasteiger partial charge in [-0.25, -0.2) is 0 Å². The van der Waals surface area contributed by atoms with Gasteiger partial charge in [-0.1, -0.05) is 0 Å². The van der Waals surface area contributed by atoms with Crippen LogP contribution in [-0.2, 0) is 11.8 Å². The van der Waals surface area contributed by atoms with Gasteiger partial charge in [0, 0.05) is 64.6 Å². The van der Waals surface area contributed by atoms with Crippen LogP contribution in [0.5, 0.6) is 0 Å². The maximum atomic E-state index is 5.48. The third-order valence-corrected chi connectivity index (χ3v) is 5.42. The van der Waals surface area contributed by atoms with E-state index in [2.05, 4.69) is 50.4 Å². The molecule has 0 saturated carbocycles. The molecule has 8 heteroatoms. The quantitative estimate of drug-likeness (QED) is 0.587. The van der Waals surface area contributed by atoms with Gasteiger partial charge < -0.3 is 19.9 Å². The Kier molecular flexibility index (Phi) is 6.50. The number of rotatable bonds is 5. The maximum absolute atomic E-state index is 5.48. The number of guanidine groups is 1. The highest BCUT2D eigenvalue weighted by molar-refractivity contribution is 5.80. The van der Waals surface area contributed by atoms with Crippen LogP contribution < -0.4 is 5.32 Å². The Morgan fingerprint density at radius 2 is 2.15 bits per heavy atom. The summed E-state index contributed by atoms with van der Waals surface area (Å²) in [6.45, 7) is 6.73. The van der Waals surface area contributed by atoms with Gasteiger partial charge in [-0.05, 0) is 20.5 Å². The Morgan fingerprint density at radius 1 is 1.38 bits per heavy atom. The maximum Gasteiger partial charge on any atom is 0.193 e. The number of hydrogen-bond donors (Lipinski definition) is 1. The molecule has 2 aliphatic heterocycles. The van der Waals surface area contributed by atoms with E-state index in [1.54, 1.807) is 0 Å². The van der Waals surface area contributed by atoms with E-state index in [0.717, 1.165) is 51.9 Å². The Balaban J connectivity index is 1.55. The number of hydrogen-bond acceptors (Lipinski definition) is 5. The number of ether oxygens (including phenoxy) is 1. The van der Waals surface area contributed by atoms with Crippen LogP contribution in [-0.4, -0.2) is 104 Å². The van der Waals surface area contributed by atoms with Crippen LogP contribution in [0.1, 0.15) is 18.0 Å². The van der Waals surface area contributed by atoms with Crippen molar-refractivity contribution >= 4 is 5.96 Å². The van der Waals surface area contributed by atoms with Crippen molar-refractivity contribution in [3.63, 3.8) is 0 Å². The van der Waals surface area contributed by atoms with E-state index >= 15 is 0 Å². The number of nitrogens with one attached hydrogen (secondary N) is 1. The molecule has 0 bridgehead atoms. The molecule has 146 valence electrons. The lowest BCUT2D eigenvalue weighted by molar-refractivity contribution is 0.0195. The lowest BCUT2D eigenvalue weighted by Crippen LogP contribution is -2.47. The molecular weight excluding hydrogens is 330 g/mol. The predicted octanol–water partition coefficient (Wildman–Crippen LogP) is 0.00470. The first kappa shape index (κ1) is 19.1. The summed E-state index contributed by atoms with van der Waals surface area (Å²) < 4.78 is 7.34. The average molecular weight is 364 g/mol. The summed E-state index contributed by atoms with van der Waals surface area (Å²) in [5.74, 6) is 0.997. The molecule has 26 heavy (non-hydrogen) atoms. The minimum atomic E-state index is 0.262. The molecule has 1 aromatic heterocycles. The summed E-state index contributed by atoms with van der Waals surface area (Å²) in [7, 11) is 8.04. The second-order valence-electron chi connectivity index (χ2n) is 7.39. The summed E-state index contributed by atoms with van der Waals surface area (Å²) in [5.41, 5.74) is 1.22. The molecule has 2 unspecified atom stereocenters. The monoisotopic (exact) mass is 363 g/mol. The highest BCUT2D eigenvalue weighted by Crippen LogP contribution is 2.19. The SMILES string of the molecule is CN=C(NCC(c1cnn(C)c1)N(C)C)N1CCC(N2CCOCC2)C1. The van der Waals surface area contributed by atoms with Crippen LogP contribution in [0.25, 0.3) is 0 Å². The molecule has 0 radical (unpaired) electrons. The van der Waals surface area contributed by atoms with Crippen molar-refractivity contribution in [2.24, 2.45) is 12.0 Å². The molecule has 0 spiro atoms. The smallest absolute Gasteiger partial charge is 0.193 e. The highest BCUT2D eigenvalue weighted by Gasteiger charge is 2.30. The molecule has 0 amide bonds. The number of likely N-dealkylation sites (N-methyl/N-ethyl adjacent to an activating group) is 1. The van der Waals surface area contributed by atoms with Crippen molar-refractivity contribution in [2.45, 2.75) is 18.5 Å². The van der Waals surface area contributed by atoms with Crippen molar-refractivity contribution in [3.8, 4) is 0 Å². The van der Waals surface area contributed by atoms with Crippen LogP contribution in [0.3, 0.4) is 0 Å². The zero-order valence-corrected chi connectivity index (χ0v) is 16.6. The Labute approximate surface area is 156 Å². The zero-order valence-electron chi connectivity index (χ0n) is 16.6. The van der Waals surface area contributed by atoms with Crippen LogP contribution in [0, 0.1) is 0 Å². The van der Waals surface area contributed by atoms with Crippen molar-refractivity contribution in [1.29, 1.82) is 0 Å². The molecule has 2 aliphatic rings. The van der Waals surface area contributed by atoms with E-state index in [9.17, 15) is 0 Å². The van der Waals surface area contributed by atoms with Crippen LogP contribution in [0.15, 0.2) is 17.4 Å². The fourth-order valence-electron chi connectivity index (χ4n) is 3.91. The molecule has 0 aliphatic carbocycles. The van der Waals surface area contributed by atoms with E-state index in [-0.39, 0.29) is 6.04 Å². The van der Waals surface area contributed by atoms with Gasteiger partial charge in [-0.15, -0.1) is 0 Å². The minimum Gasteiger partial charge on any atom is -0.379 e. The fourth-order valence-corrected chi connectivity index (χ4v) is 3.91. The van der Waals surface area contributed by atoms with Gasteiger partial charge in [0.1, 0.15) is 0 Å². The van der Waals surface area contributed by atoms with Crippen LogP contribution in [0.4, 0.5) is 0 Å². The van der Waals surface area contributed by atoms with Gasteiger partial charge in [0.15, 0.2) is 5.96 Å². The molecule has 2 fully saturated rings. The lowest BCUT2D eigenvalue weighted by Gasteiger charge is -2.32. The first-order valence-electron chi connectivity index (χ1n) is 9.51. The van der Waals surface area contributed by atoms with Gasteiger partial charge in [0.25, 0.3) is 0 Å². The summed E-state index contributed by atoms with van der Waals surface area (Å²) in [6, 6.07) is 0.874. The molecule has 1 N–H and O–H groups in total. The normalized spacial score (nSPS) is 23.7. The first-order valence-corrected chi connectivity index (χ1v) is 9.51. The third-order valence-electron chi connectivity index (χ3n) is 5.42. The predicted molar refractivity (Wildman–Crippen MR) is 103 cm³/mol. The molecule has 3 rings (SSSR count). The van der Waals surface area contributed by atoms with Gasteiger partial charge >= 0.3 is 0 Å². The van der Waals surface area contributed by atoms with Crippen molar-refractivity contribution < 1.29 is 4.74 Å². The van der Waals surface area contributed by atoms with Crippen LogP contribution in [0.2, 0.25) is 0 Å². The molecule has 1 aromatic rings.